The number of hydrogen-bond acceptors (Lipinski definition) is 4. The quantitative estimate of drug-likeness (QED) is 0.484. The van der Waals surface area contributed by atoms with Crippen LogP contribution in [-0.2, 0) is 16.1 Å². The summed E-state index contributed by atoms with van der Waals surface area (Å²) in [5.74, 6) is 0.849. The molecule has 8 heteroatoms. The van der Waals surface area contributed by atoms with E-state index in [9.17, 15) is 9.59 Å². The van der Waals surface area contributed by atoms with E-state index in [4.69, 9.17) is 4.99 Å². The highest BCUT2D eigenvalue weighted by Crippen LogP contribution is 2.21. The predicted molar refractivity (Wildman–Crippen MR) is 124 cm³/mol. The molecule has 8 nitrogen and oxygen atoms in total. The molecule has 1 unspecified atom stereocenters. The van der Waals surface area contributed by atoms with Crippen LogP contribution < -0.4 is 15.5 Å². The van der Waals surface area contributed by atoms with Crippen molar-refractivity contribution >= 4 is 23.5 Å². The Labute approximate surface area is 185 Å². The van der Waals surface area contributed by atoms with E-state index in [0.29, 0.717) is 25.0 Å². The molecule has 0 bridgehead atoms. The Morgan fingerprint density at radius 2 is 1.94 bits per heavy atom. The molecule has 2 aliphatic heterocycles. The Morgan fingerprint density at radius 3 is 2.58 bits per heavy atom. The van der Waals surface area contributed by atoms with Crippen molar-refractivity contribution in [3.8, 4) is 0 Å². The highest BCUT2D eigenvalue weighted by molar-refractivity contribution is 5.95. The van der Waals surface area contributed by atoms with Gasteiger partial charge in [-0.15, -0.1) is 0 Å². The number of amides is 2. The SMILES string of the molecule is CCN1CCCC1CNC(=NCc1ccc(N2CCCC2=O)cc1)NCC(=O)N(C)C. The van der Waals surface area contributed by atoms with E-state index < -0.39 is 0 Å². The summed E-state index contributed by atoms with van der Waals surface area (Å²) < 4.78 is 0. The van der Waals surface area contributed by atoms with E-state index in [1.807, 2.05) is 29.2 Å². The summed E-state index contributed by atoms with van der Waals surface area (Å²) in [6, 6.07) is 8.51. The molecule has 0 saturated carbocycles. The number of hydrogen-bond donors (Lipinski definition) is 2. The minimum absolute atomic E-state index is 0.00480. The van der Waals surface area contributed by atoms with Crippen LogP contribution in [0.2, 0.25) is 0 Å². The lowest BCUT2D eigenvalue weighted by atomic mass is 10.2. The zero-order chi connectivity index (χ0) is 22.2. The van der Waals surface area contributed by atoms with E-state index in [1.54, 1.807) is 19.0 Å². The van der Waals surface area contributed by atoms with Gasteiger partial charge in [-0.3, -0.25) is 14.5 Å². The Kier molecular flexibility index (Phi) is 8.28. The molecule has 1 aromatic rings. The van der Waals surface area contributed by atoms with Gasteiger partial charge in [-0.05, 0) is 50.0 Å². The largest absolute Gasteiger partial charge is 0.355 e. The summed E-state index contributed by atoms with van der Waals surface area (Å²) >= 11 is 0. The third-order valence-corrected chi connectivity index (χ3v) is 6.06. The second kappa shape index (κ2) is 11.1. The molecule has 0 spiro atoms. The van der Waals surface area contributed by atoms with Crippen LogP contribution in [0.25, 0.3) is 0 Å². The smallest absolute Gasteiger partial charge is 0.241 e. The van der Waals surface area contributed by atoms with Crippen molar-refractivity contribution in [2.45, 2.75) is 45.2 Å². The number of guanidine groups is 1. The molecular formula is C23H36N6O2. The minimum Gasteiger partial charge on any atom is -0.355 e. The molecule has 1 atom stereocenters. The van der Waals surface area contributed by atoms with Gasteiger partial charge >= 0.3 is 0 Å². The van der Waals surface area contributed by atoms with Crippen LogP contribution in [0, 0.1) is 0 Å². The summed E-state index contributed by atoms with van der Waals surface area (Å²) in [6.45, 7) is 6.71. The summed E-state index contributed by atoms with van der Waals surface area (Å²) in [7, 11) is 3.50. The van der Waals surface area contributed by atoms with Gasteiger partial charge in [0.25, 0.3) is 0 Å². The Morgan fingerprint density at radius 1 is 1.16 bits per heavy atom. The van der Waals surface area contributed by atoms with Gasteiger partial charge in [0, 0.05) is 45.3 Å². The van der Waals surface area contributed by atoms with Crippen molar-refractivity contribution in [3.05, 3.63) is 29.8 Å². The number of benzene rings is 1. The van der Waals surface area contributed by atoms with E-state index in [1.165, 1.54) is 12.8 Å². The fraction of sp³-hybridized carbons (Fsp3) is 0.609. The third-order valence-electron chi connectivity index (χ3n) is 6.06. The molecule has 2 fully saturated rings. The van der Waals surface area contributed by atoms with Gasteiger partial charge in [0.1, 0.15) is 0 Å². The van der Waals surface area contributed by atoms with Crippen molar-refractivity contribution in [2.24, 2.45) is 4.99 Å². The number of carbonyl (C=O) groups excluding carboxylic acids is 2. The van der Waals surface area contributed by atoms with E-state index in [0.717, 1.165) is 43.9 Å². The maximum absolute atomic E-state index is 12.0. The Balaban J connectivity index is 1.61. The first-order valence-electron chi connectivity index (χ1n) is 11.3. The van der Waals surface area contributed by atoms with E-state index >= 15 is 0 Å². The van der Waals surface area contributed by atoms with Crippen LogP contribution in [0.5, 0.6) is 0 Å². The maximum atomic E-state index is 12.0. The molecular weight excluding hydrogens is 392 g/mol. The van der Waals surface area contributed by atoms with Gasteiger partial charge in [0.15, 0.2) is 5.96 Å². The fourth-order valence-electron chi connectivity index (χ4n) is 4.12. The molecule has 170 valence electrons. The number of aliphatic imine (C=N–C) groups is 1. The predicted octanol–water partition coefficient (Wildman–Crippen LogP) is 1.42. The molecule has 31 heavy (non-hydrogen) atoms. The standard InChI is InChI=1S/C23H36N6O2/c1-4-28-13-5-7-20(28)16-25-23(26-17-22(31)27(2)3)24-15-18-9-11-19(12-10-18)29-14-6-8-21(29)30/h9-12,20H,4-8,13-17H2,1-3H3,(H2,24,25,26). The molecule has 2 heterocycles. The number of carbonyl (C=O) groups is 2. The zero-order valence-electron chi connectivity index (χ0n) is 19.1. The summed E-state index contributed by atoms with van der Waals surface area (Å²) in [6.07, 6.45) is 3.97. The van der Waals surface area contributed by atoms with Crippen LogP contribution >= 0.6 is 0 Å². The zero-order valence-corrected chi connectivity index (χ0v) is 19.1. The number of nitrogens with one attached hydrogen (secondary N) is 2. The molecule has 2 N–H and O–H groups in total. The van der Waals surface area contributed by atoms with Gasteiger partial charge < -0.3 is 20.4 Å². The van der Waals surface area contributed by atoms with E-state index in [-0.39, 0.29) is 18.4 Å². The fourth-order valence-corrected chi connectivity index (χ4v) is 4.12. The Hall–Kier alpha value is -2.61. The molecule has 0 radical (unpaired) electrons. The van der Waals surface area contributed by atoms with Crippen LogP contribution in [0.1, 0.15) is 38.2 Å². The molecule has 3 rings (SSSR count). The second-order valence-corrected chi connectivity index (χ2v) is 8.43. The van der Waals surface area contributed by atoms with E-state index in [2.05, 4.69) is 22.5 Å². The monoisotopic (exact) mass is 428 g/mol. The molecule has 2 aliphatic rings. The molecule has 0 aliphatic carbocycles. The topological polar surface area (TPSA) is 80.3 Å². The van der Waals surface area contributed by atoms with Crippen LogP contribution in [0.3, 0.4) is 0 Å². The first kappa shape index (κ1) is 23.1. The molecule has 2 amide bonds. The van der Waals surface area contributed by atoms with Crippen molar-refractivity contribution in [1.82, 2.24) is 20.4 Å². The van der Waals surface area contributed by atoms with Gasteiger partial charge in [0.2, 0.25) is 11.8 Å². The molecule has 1 aromatic carbocycles. The average Bonchev–Trinajstić information content (AvgIpc) is 3.41. The lowest BCUT2D eigenvalue weighted by Gasteiger charge is -2.24. The minimum atomic E-state index is 0.00480. The lowest BCUT2D eigenvalue weighted by molar-refractivity contribution is -0.127. The van der Waals surface area contributed by atoms with Crippen LogP contribution in [0.15, 0.2) is 29.3 Å². The van der Waals surface area contributed by atoms with Gasteiger partial charge in [0.05, 0.1) is 13.1 Å². The highest BCUT2D eigenvalue weighted by atomic mass is 16.2. The maximum Gasteiger partial charge on any atom is 0.241 e. The third kappa shape index (κ3) is 6.43. The average molecular weight is 429 g/mol. The summed E-state index contributed by atoms with van der Waals surface area (Å²) in [4.78, 5) is 34.5. The number of likely N-dealkylation sites (N-methyl/N-ethyl adjacent to an activating group) is 2. The van der Waals surface area contributed by atoms with Gasteiger partial charge in [-0.25, -0.2) is 4.99 Å². The number of nitrogens with zero attached hydrogens (tertiary/aromatic N) is 4. The number of anilines is 1. The first-order valence-corrected chi connectivity index (χ1v) is 11.3. The van der Waals surface area contributed by atoms with Crippen molar-refractivity contribution < 1.29 is 9.59 Å². The molecule has 2 saturated heterocycles. The van der Waals surface area contributed by atoms with Crippen LogP contribution in [-0.4, -0.2) is 80.4 Å². The van der Waals surface area contributed by atoms with Crippen molar-refractivity contribution in [3.63, 3.8) is 0 Å². The lowest BCUT2D eigenvalue weighted by Crippen LogP contribution is -2.47. The Bertz CT molecular complexity index is 777. The highest BCUT2D eigenvalue weighted by Gasteiger charge is 2.23. The second-order valence-electron chi connectivity index (χ2n) is 8.43. The summed E-state index contributed by atoms with van der Waals surface area (Å²) in [5, 5.41) is 6.59. The van der Waals surface area contributed by atoms with Gasteiger partial charge in [-0.2, -0.15) is 0 Å². The van der Waals surface area contributed by atoms with Crippen molar-refractivity contribution in [2.75, 3.05) is 51.7 Å². The molecule has 0 aromatic heterocycles. The first-order chi connectivity index (χ1) is 15.0. The van der Waals surface area contributed by atoms with Crippen molar-refractivity contribution in [1.29, 1.82) is 0 Å². The summed E-state index contributed by atoms with van der Waals surface area (Å²) in [5.41, 5.74) is 2.01. The number of rotatable bonds is 8. The van der Waals surface area contributed by atoms with Gasteiger partial charge in [-0.1, -0.05) is 19.1 Å². The number of likely N-dealkylation sites (tertiary alicyclic amines) is 1. The normalized spacial score (nSPS) is 19.7. The van der Waals surface area contributed by atoms with Crippen LogP contribution in [0.4, 0.5) is 5.69 Å².